The Balaban J connectivity index is 1.41. The van der Waals surface area contributed by atoms with Crippen LogP contribution in [-0.4, -0.2) is 27.8 Å². The standard InChI is InChI=1S/C26H25FN4O2/c1-33-23-12-9-18(27)14-21(23)31-26-24-19-13-17(8-10-20(19)30-25(24)28-15-29-26)22(32)11-7-16-5-3-2-4-6-16/h2-6,9,12,14-15,17H,7-8,10-11,13H2,1H3,(H2,28,29,30,31). The van der Waals surface area contributed by atoms with E-state index < -0.39 is 0 Å². The molecule has 1 aliphatic carbocycles. The van der Waals surface area contributed by atoms with E-state index in [2.05, 4.69) is 32.4 Å². The van der Waals surface area contributed by atoms with Crippen LogP contribution in [0.1, 0.15) is 29.7 Å². The second-order valence-electron chi connectivity index (χ2n) is 8.39. The number of methoxy groups -OCH3 is 1. The molecule has 0 radical (unpaired) electrons. The highest BCUT2D eigenvalue weighted by Gasteiger charge is 2.29. The van der Waals surface area contributed by atoms with Gasteiger partial charge >= 0.3 is 0 Å². The lowest BCUT2D eigenvalue weighted by Gasteiger charge is -2.22. The summed E-state index contributed by atoms with van der Waals surface area (Å²) in [5.41, 5.74) is 4.53. The van der Waals surface area contributed by atoms with Crippen molar-refractivity contribution in [2.24, 2.45) is 5.92 Å². The first kappa shape index (κ1) is 21.1. The lowest BCUT2D eigenvalue weighted by molar-refractivity contribution is -0.123. The fraction of sp³-hybridized carbons (Fsp3) is 0.269. The van der Waals surface area contributed by atoms with E-state index in [4.69, 9.17) is 4.74 Å². The third-order valence-electron chi connectivity index (χ3n) is 6.35. The Labute approximate surface area is 191 Å². The number of halogens is 1. The molecule has 1 aliphatic rings. The summed E-state index contributed by atoms with van der Waals surface area (Å²) in [6, 6.07) is 14.4. The molecule has 1 unspecified atom stereocenters. The van der Waals surface area contributed by atoms with E-state index in [-0.39, 0.29) is 17.5 Å². The third kappa shape index (κ3) is 4.31. The molecule has 2 aromatic heterocycles. The highest BCUT2D eigenvalue weighted by Crippen LogP contribution is 2.37. The Morgan fingerprint density at radius 1 is 1.21 bits per heavy atom. The molecule has 0 fully saturated rings. The summed E-state index contributed by atoms with van der Waals surface area (Å²) in [7, 11) is 1.54. The van der Waals surface area contributed by atoms with Crippen LogP contribution in [-0.2, 0) is 24.1 Å². The number of aromatic nitrogens is 3. The summed E-state index contributed by atoms with van der Waals surface area (Å²) in [6.45, 7) is 0. The number of ether oxygens (including phenoxy) is 1. The minimum Gasteiger partial charge on any atom is -0.495 e. The topological polar surface area (TPSA) is 79.9 Å². The zero-order valence-electron chi connectivity index (χ0n) is 18.4. The van der Waals surface area contributed by atoms with Crippen molar-refractivity contribution < 1.29 is 13.9 Å². The maximum atomic E-state index is 13.9. The van der Waals surface area contributed by atoms with Gasteiger partial charge in [-0.25, -0.2) is 14.4 Å². The molecule has 33 heavy (non-hydrogen) atoms. The molecule has 0 spiro atoms. The van der Waals surface area contributed by atoms with Gasteiger partial charge < -0.3 is 15.0 Å². The van der Waals surface area contributed by atoms with Crippen molar-refractivity contribution in [3.8, 4) is 5.75 Å². The maximum absolute atomic E-state index is 13.9. The minimum atomic E-state index is -0.372. The van der Waals surface area contributed by atoms with Crippen LogP contribution in [0.3, 0.4) is 0 Å². The largest absolute Gasteiger partial charge is 0.495 e. The maximum Gasteiger partial charge on any atom is 0.143 e. The van der Waals surface area contributed by atoms with Gasteiger partial charge in [0.05, 0.1) is 18.2 Å². The van der Waals surface area contributed by atoms with Crippen LogP contribution in [0, 0.1) is 11.7 Å². The molecule has 4 aromatic rings. The van der Waals surface area contributed by atoms with Gasteiger partial charge in [-0.1, -0.05) is 30.3 Å². The summed E-state index contributed by atoms with van der Waals surface area (Å²) in [4.78, 5) is 25.2. The second kappa shape index (κ2) is 9.02. The van der Waals surface area contributed by atoms with E-state index in [1.54, 1.807) is 6.07 Å². The Morgan fingerprint density at radius 3 is 2.88 bits per heavy atom. The first-order valence-corrected chi connectivity index (χ1v) is 11.1. The molecule has 0 bridgehead atoms. The molecular weight excluding hydrogens is 419 g/mol. The summed E-state index contributed by atoms with van der Waals surface area (Å²) >= 11 is 0. The summed E-state index contributed by atoms with van der Waals surface area (Å²) in [5, 5.41) is 4.06. The van der Waals surface area contributed by atoms with Gasteiger partial charge in [0.25, 0.3) is 0 Å². The Morgan fingerprint density at radius 2 is 2.06 bits per heavy atom. The number of hydrogen-bond acceptors (Lipinski definition) is 5. The van der Waals surface area contributed by atoms with Gasteiger partial charge in [0.1, 0.15) is 35.1 Å². The van der Waals surface area contributed by atoms with Crippen molar-refractivity contribution in [2.75, 3.05) is 12.4 Å². The SMILES string of the molecule is COc1ccc(F)cc1Nc1ncnc2[nH]c3c(c12)CC(C(=O)CCc1ccccc1)CC3. The fourth-order valence-electron chi connectivity index (χ4n) is 4.63. The molecule has 168 valence electrons. The van der Waals surface area contributed by atoms with Crippen LogP contribution in [0.4, 0.5) is 15.9 Å². The monoisotopic (exact) mass is 444 g/mol. The summed E-state index contributed by atoms with van der Waals surface area (Å²) < 4.78 is 19.2. The van der Waals surface area contributed by atoms with E-state index in [9.17, 15) is 9.18 Å². The highest BCUT2D eigenvalue weighted by atomic mass is 19.1. The number of fused-ring (bicyclic) bond motifs is 3. The number of rotatable bonds is 7. The van der Waals surface area contributed by atoms with Crippen LogP contribution in [0.2, 0.25) is 0 Å². The van der Waals surface area contributed by atoms with Crippen molar-refractivity contribution in [2.45, 2.75) is 32.1 Å². The molecule has 2 heterocycles. The van der Waals surface area contributed by atoms with Gasteiger partial charge in [0.2, 0.25) is 0 Å². The van der Waals surface area contributed by atoms with Gasteiger partial charge in [-0.2, -0.15) is 0 Å². The number of H-pyrrole nitrogens is 1. The van der Waals surface area contributed by atoms with Crippen molar-refractivity contribution in [1.29, 1.82) is 0 Å². The van der Waals surface area contributed by atoms with Crippen molar-refractivity contribution in [3.63, 3.8) is 0 Å². The molecule has 5 rings (SSSR count). The Kier molecular flexibility index (Phi) is 5.77. The third-order valence-corrected chi connectivity index (χ3v) is 6.35. The van der Waals surface area contributed by atoms with E-state index in [0.29, 0.717) is 35.7 Å². The molecule has 0 saturated heterocycles. The van der Waals surface area contributed by atoms with Crippen LogP contribution in [0.5, 0.6) is 5.75 Å². The van der Waals surface area contributed by atoms with E-state index >= 15 is 0 Å². The van der Waals surface area contributed by atoms with Crippen LogP contribution >= 0.6 is 0 Å². The van der Waals surface area contributed by atoms with Crippen molar-refractivity contribution in [1.82, 2.24) is 15.0 Å². The summed E-state index contributed by atoms with van der Waals surface area (Å²) in [6.07, 6.45) is 5.02. The second-order valence-corrected chi connectivity index (χ2v) is 8.39. The normalized spacial score (nSPS) is 15.3. The Bertz CT molecular complexity index is 1300. The summed E-state index contributed by atoms with van der Waals surface area (Å²) in [5.74, 6) is 0.970. The van der Waals surface area contributed by atoms with Gasteiger partial charge in [-0.05, 0) is 48.9 Å². The number of carbonyl (C=O) groups is 1. The number of carbonyl (C=O) groups excluding carboxylic acids is 1. The smallest absolute Gasteiger partial charge is 0.143 e. The number of hydrogen-bond donors (Lipinski definition) is 2. The number of ketones is 1. The average molecular weight is 445 g/mol. The molecule has 2 aromatic carbocycles. The first-order chi connectivity index (χ1) is 16.1. The van der Waals surface area contributed by atoms with E-state index in [1.807, 2.05) is 18.2 Å². The molecule has 2 N–H and O–H groups in total. The highest BCUT2D eigenvalue weighted by molar-refractivity contribution is 5.94. The number of nitrogens with zero attached hydrogens (tertiary/aromatic N) is 2. The van der Waals surface area contributed by atoms with Gasteiger partial charge in [0, 0.05) is 24.1 Å². The Hall–Kier alpha value is -3.74. The van der Waals surface area contributed by atoms with Crippen LogP contribution < -0.4 is 10.1 Å². The molecular formula is C26H25FN4O2. The molecule has 7 heteroatoms. The predicted molar refractivity (Wildman–Crippen MR) is 125 cm³/mol. The van der Waals surface area contributed by atoms with Gasteiger partial charge in [0.15, 0.2) is 0 Å². The molecule has 1 atom stereocenters. The lowest BCUT2D eigenvalue weighted by Crippen LogP contribution is -2.22. The molecule has 0 amide bonds. The predicted octanol–water partition coefficient (Wildman–Crippen LogP) is 5.16. The minimum absolute atomic E-state index is 0.0306. The van der Waals surface area contributed by atoms with Crippen LogP contribution in [0.15, 0.2) is 54.9 Å². The number of aryl methyl sites for hydroxylation is 2. The first-order valence-electron chi connectivity index (χ1n) is 11.1. The zero-order valence-corrected chi connectivity index (χ0v) is 18.4. The van der Waals surface area contributed by atoms with Gasteiger partial charge in [-0.3, -0.25) is 4.79 Å². The molecule has 0 aliphatic heterocycles. The lowest BCUT2D eigenvalue weighted by atomic mass is 9.82. The van der Waals surface area contributed by atoms with Gasteiger partial charge in [-0.15, -0.1) is 0 Å². The fourth-order valence-corrected chi connectivity index (χ4v) is 4.63. The number of Topliss-reactive ketones (excluding diaryl/α,β-unsaturated/α-hetero) is 1. The number of aromatic amines is 1. The number of anilines is 2. The average Bonchev–Trinajstić information content (AvgIpc) is 3.22. The molecule has 6 nitrogen and oxygen atoms in total. The molecule has 0 saturated carbocycles. The van der Waals surface area contributed by atoms with Crippen LogP contribution in [0.25, 0.3) is 11.0 Å². The van der Waals surface area contributed by atoms with Crippen molar-refractivity contribution in [3.05, 3.63) is 77.5 Å². The van der Waals surface area contributed by atoms with Crippen molar-refractivity contribution >= 4 is 28.3 Å². The number of benzene rings is 2. The van der Waals surface area contributed by atoms with E-state index in [0.717, 1.165) is 35.9 Å². The quantitative estimate of drug-likeness (QED) is 0.412. The zero-order chi connectivity index (χ0) is 22.8. The number of nitrogens with one attached hydrogen (secondary N) is 2. The van der Waals surface area contributed by atoms with E-state index in [1.165, 1.54) is 31.1 Å².